The fourth-order valence-electron chi connectivity index (χ4n) is 1.13. The molecule has 0 aliphatic heterocycles. The zero-order valence-electron chi connectivity index (χ0n) is 6.74. The lowest BCUT2D eigenvalue weighted by Gasteiger charge is -1.87. The van der Waals surface area contributed by atoms with Crippen molar-refractivity contribution in [1.82, 2.24) is 4.98 Å². The first kappa shape index (κ1) is 7.68. The summed E-state index contributed by atoms with van der Waals surface area (Å²) in [5, 5.41) is 0. The largest absolute Gasteiger partial charge is 0.441 e. The van der Waals surface area contributed by atoms with Gasteiger partial charge >= 0.3 is 0 Å². The molecular weight excluding hydrogens is 170 g/mol. The van der Waals surface area contributed by atoms with Crippen LogP contribution in [-0.2, 0) is 6.42 Å². The maximum atomic E-state index is 5.44. The van der Waals surface area contributed by atoms with E-state index in [1.165, 1.54) is 0 Å². The highest BCUT2D eigenvalue weighted by molar-refractivity contribution is 7.80. The first-order valence-corrected chi connectivity index (χ1v) is 4.33. The number of aryl methyl sites for hydroxylation is 1. The minimum Gasteiger partial charge on any atom is -0.441 e. The molecule has 12 heavy (non-hydrogen) atoms. The van der Waals surface area contributed by atoms with E-state index in [2.05, 4.69) is 17.6 Å². The van der Waals surface area contributed by atoms with Gasteiger partial charge in [0, 0.05) is 11.3 Å². The molecule has 0 unspecified atom stereocenters. The second-order valence-electron chi connectivity index (χ2n) is 2.59. The van der Waals surface area contributed by atoms with E-state index < -0.39 is 0 Å². The Morgan fingerprint density at radius 3 is 3.00 bits per heavy atom. The molecule has 1 aromatic heterocycles. The Balaban J connectivity index is 2.74. The van der Waals surface area contributed by atoms with E-state index in [4.69, 9.17) is 4.42 Å². The Morgan fingerprint density at radius 2 is 2.33 bits per heavy atom. The average Bonchev–Trinajstić information content (AvgIpc) is 2.49. The second kappa shape index (κ2) is 2.83. The number of thiol groups is 1. The monoisotopic (exact) mass is 179 g/mol. The highest BCUT2D eigenvalue weighted by Crippen LogP contribution is 2.21. The van der Waals surface area contributed by atoms with Gasteiger partial charge in [-0.05, 0) is 12.1 Å². The molecule has 2 nitrogen and oxygen atoms in total. The zero-order valence-corrected chi connectivity index (χ0v) is 7.64. The summed E-state index contributed by atoms with van der Waals surface area (Å²) >= 11 is 4.28. The van der Waals surface area contributed by atoms with Gasteiger partial charge in [-0.1, -0.05) is 13.0 Å². The van der Waals surface area contributed by atoms with Crippen LogP contribution < -0.4 is 0 Å². The fraction of sp³-hybridized carbons (Fsp3) is 0.222. The van der Waals surface area contributed by atoms with Crippen LogP contribution in [0.15, 0.2) is 27.5 Å². The Hall–Kier alpha value is -0.960. The van der Waals surface area contributed by atoms with E-state index in [0.717, 1.165) is 28.3 Å². The smallest absolute Gasteiger partial charge is 0.195 e. The van der Waals surface area contributed by atoms with Crippen LogP contribution in [-0.4, -0.2) is 4.98 Å². The summed E-state index contributed by atoms with van der Waals surface area (Å²) in [7, 11) is 0. The van der Waals surface area contributed by atoms with Crippen molar-refractivity contribution in [3.63, 3.8) is 0 Å². The van der Waals surface area contributed by atoms with Crippen LogP contribution in [0.2, 0.25) is 0 Å². The summed E-state index contributed by atoms with van der Waals surface area (Å²) in [6, 6.07) is 5.73. The van der Waals surface area contributed by atoms with Crippen LogP contribution >= 0.6 is 12.6 Å². The van der Waals surface area contributed by atoms with E-state index in [1.807, 2.05) is 25.1 Å². The fourth-order valence-corrected chi connectivity index (χ4v) is 1.38. The molecule has 0 aliphatic carbocycles. The minimum absolute atomic E-state index is 0.770. The first-order chi connectivity index (χ1) is 5.81. The number of fused-ring (bicyclic) bond motifs is 1. The number of hydrogen-bond acceptors (Lipinski definition) is 3. The molecule has 0 aliphatic rings. The normalized spacial score (nSPS) is 10.8. The summed E-state index contributed by atoms with van der Waals surface area (Å²) in [5.41, 5.74) is 1.68. The first-order valence-electron chi connectivity index (χ1n) is 3.88. The number of benzene rings is 1. The molecule has 0 spiro atoms. The molecule has 0 bridgehead atoms. The van der Waals surface area contributed by atoms with Crippen LogP contribution in [0, 0.1) is 0 Å². The lowest BCUT2D eigenvalue weighted by atomic mass is 10.3. The van der Waals surface area contributed by atoms with E-state index >= 15 is 0 Å². The van der Waals surface area contributed by atoms with Crippen molar-refractivity contribution in [2.45, 2.75) is 18.2 Å². The topological polar surface area (TPSA) is 26.0 Å². The molecule has 62 valence electrons. The molecule has 0 fully saturated rings. The van der Waals surface area contributed by atoms with Gasteiger partial charge in [0.2, 0.25) is 0 Å². The summed E-state index contributed by atoms with van der Waals surface area (Å²) in [6.07, 6.45) is 0.821. The van der Waals surface area contributed by atoms with Gasteiger partial charge in [0.1, 0.15) is 5.52 Å². The van der Waals surface area contributed by atoms with Gasteiger partial charge in [0.05, 0.1) is 0 Å². The molecule has 0 saturated heterocycles. The standard InChI is InChI=1S/C9H9NOS/c1-2-8-10-9-6(11-8)4-3-5-7(9)12/h3-5,12H,2H2,1H3. The third-order valence-corrected chi connectivity index (χ3v) is 2.11. The van der Waals surface area contributed by atoms with Crippen molar-refractivity contribution in [1.29, 1.82) is 0 Å². The van der Waals surface area contributed by atoms with Gasteiger partial charge < -0.3 is 4.42 Å². The molecule has 1 aromatic carbocycles. The number of oxazole rings is 1. The maximum absolute atomic E-state index is 5.44. The number of nitrogens with zero attached hydrogens (tertiary/aromatic N) is 1. The van der Waals surface area contributed by atoms with Gasteiger partial charge in [-0.25, -0.2) is 4.98 Å². The highest BCUT2D eigenvalue weighted by atomic mass is 32.1. The van der Waals surface area contributed by atoms with E-state index in [1.54, 1.807) is 0 Å². The van der Waals surface area contributed by atoms with Gasteiger partial charge in [0.15, 0.2) is 11.5 Å². The van der Waals surface area contributed by atoms with Gasteiger partial charge in [0.25, 0.3) is 0 Å². The Kier molecular flexibility index (Phi) is 1.81. The predicted octanol–water partition coefficient (Wildman–Crippen LogP) is 2.68. The molecule has 0 N–H and O–H groups in total. The van der Waals surface area contributed by atoms with E-state index in [-0.39, 0.29) is 0 Å². The van der Waals surface area contributed by atoms with E-state index in [9.17, 15) is 0 Å². The van der Waals surface area contributed by atoms with Gasteiger partial charge in [-0.3, -0.25) is 0 Å². The lowest BCUT2D eigenvalue weighted by molar-refractivity contribution is 0.538. The maximum Gasteiger partial charge on any atom is 0.195 e. The van der Waals surface area contributed by atoms with Gasteiger partial charge in [-0.2, -0.15) is 0 Å². The third-order valence-electron chi connectivity index (χ3n) is 1.74. The highest BCUT2D eigenvalue weighted by Gasteiger charge is 2.04. The molecule has 0 saturated carbocycles. The van der Waals surface area contributed by atoms with Gasteiger partial charge in [-0.15, -0.1) is 12.6 Å². The summed E-state index contributed by atoms with van der Waals surface area (Å²) in [5.74, 6) is 0.770. The molecule has 1 heterocycles. The predicted molar refractivity (Wildman–Crippen MR) is 50.6 cm³/mol. The molecule has 0 radical (unpaired) electrons. The van der Waals surface area contributed by atoms with Crippen LogP contribution in [0.3, 0.4) is 0 Å². The van der Waals surface area contributed by atoms with E-state index in [0.29, 0.717) is 0 Å². The number of rotatable bonds is 1. The lowest BCUT2D eigenvalue weighted by Crippen LogP contribution is -1.76. The second-order valence-corrected chi connectivity index (χ2v) is 3.07. The molecule has 0 amide bonds. The van der Waals surface area contributed by atoms with Crippen molar-refractivity contribution in [2.75, 3.05) is 0 Å². The van der Waals surface area contributed by atoms with Crippen molar-refractivity contribution in [3.05, 3.63) is 24.1 Å². The number of hydrogen-bond donors (Lipinski definition) is 1. The summed E-state index contributed by atoms with van der Waals surface area (Å²) < 4.78 is 5.44. The Labute approximate surface area is 76.0 Å². The van der Waals surface area contributed by atoms with Crippen molar-refractivity contribution < 1.29 is 4.42 Å². The third kappa shape index (κ3) is 1.10. The molecule has 0 atom stereocenters. The molecular formula is C9H9NOS. The SMILES string of the molecule is CCc1nc2c(S)cccc2o1. The minimum atomic E-state index is 0.770. The molecule has 2 aromatic rings. The van der Waals surface area contributed by atoms with Crippen LogP contribution in [0.4, 0.5) is 0 Å². The van der Waals surface area contributed by atoms with Crippen molar-refractivity contribution in [2.24, 2.45) is 0 Å². The zero-order chi connectivity index (χ0) is 8.55. The Morgan fingerprint density at radius 1 is 1.50 bits per heavy atom. The average molecular weight is 179 g/mol. The number of aromatic nitrogens is 1. The van der Waals surface area contributed by atoms with Crippen molar-refractivity contribution in [3.8, 4) is 0 Å². The quantitative estimate of drug-likeness (QED) is 0.681. The van der Waals surface area contributed by atoms with Crippen LogP contribution in [0.5, 0.6) is 0 Å². The summed E-state index contributed by atoms with van der Waals surface area (Å²) in [6.45, 7) is 2.02. The number of para-hydroxylation sites is 1. The van der Waals surface area contributed by atoms with Crippen molar-refractivity contribution >= 4 is 23.7 Å². The van der Waals surface area contributed by atoms with Crippen LogP contribution in [0.25, 0.3) is 11.1 Å². The molecule has 3 heteroatoms. The Bertz CT molecular complexity index is 408. The van der Waals surface area contributed by atoms with Crippen LogP contribution in [0.1, 0.15) is 12.8 Å². The summed E-state index contributed by atoms with van der Waals surface area (Å²) in [4.78, 5) is 5.16. The molecule has 2 rings (SSSR count).